The Hall–Kier alpha value is -0.760. The van der Waals surface area contributed by atoms with Crippen LogP contribution in [0.3, 0.4) is 0 Å². The predicted octanol–water partition coefficient (Wildman–Crippen LogP) is 5.20. The minimum atomic E-state index is -0.0522. The molecule has 0 fully saturated rings. The Morgan fingerprint density at radius 3 is 2.41 bits per heavy atom. The summed E-state index contributed by atoms with van der Waals surface area (Å²) in [5.74, 6) is 0.580. The van der Waals surface area contributed by atoms with Gasteiger partial charge in [0.15, 0.2) is 0 Å². The molecule has 2 heterocycles. The second-order valence-corrected chi connectivity index (χ2v) is 7.64. The van der Waals surface area contributed by atoms with Crippen LogP contribution >= 0.6 is 28.6 Å². The van der Waals surface area contributed by atoms with Crippen molar-refractivity contribution in [2.24, 2.45) is 0 Å². The highest BCUT2D eigenvalue weighted by atomic mass is 79.9. The fourth-order valence-corrected chi connectivity index (χ4v) is 3.10. The van der Waals surface area contributed by atoms with Gasteiger partial charge in [0.1, 0.15) is 19.2 Å². The molecule has 1 aliphatic heterocycles. The number of hydrogen-bond acceptors (Lipinski definition) is 4. The molecule has 1 amide bonds. The summed E-state index contributed by atoms with van der Waals surface area (Å²) in [4.78, 5) is 14.6. The molecule has 1 aliphatic rings. The molecule has 154 valence electrons. The van der Waals surface area contributed by atoms with E-state index in [1.807, 2.05) is 10.6 Å². The topological polar surface area (TPSA) is 43.7 Å². The van der Waals surface area contributed by atoms with Gasteiger partial charge in [-0.05, 0) is 40.4 Å². The Bertz CT molecular complexity index is 602. The van der Waals surface area contributed by atoms with Crippen LogP contribution in [0.25, 0.3) is 5.57 Å². The third-order valence-electron chi connectivity index (χ3n) is 4.15. The monoisotopic (exact) mass is 460 g/mol. The highest BCUT2D eigenvalue weighted by Gasteiger charge is 2.29. The van der Waals surface area contributed by atoms with Crippen LogP contribution in [0.4, 0.5) is 0 Å². The fourth-order valence-electron chi connectivity index (χ4n) is 2.46. The lowest BCUT2D eigenvalue weighted by Crippen LogP contribution is -2.35. The minimum Gasteiger partial charge on any atom is -0.361 e. The van der Waals surface area contributed by atoms with Gasteiger partial charge in [-0.1, -0.05) is 40.2 Å². The lowest BCUT2D eigenvalue weighted by molar-refractivity contribution is 0.0276. The highest BCUT2D eigenvalue weighted by molar-refractivity contribution is 9.10. The first-order chi connectivity index (χ1) is 13.0. The average Bonchev–Trinajstić information content (AvgIpc) is 2.95. The molecular weight excluding hydrogens is 428 g/mol. The molecule has 1 aromatic heterocycles. The van der Waals surface area contributed by atoms with Crippen LogP contribution in [-0.2, 0) is 16.2 Å². The van der Waals surface area contributed by atoms with E-state index in [0.717, 1.165) is 28.6 Å². The van der Waals surface area contributed by atoms with Crippen molar-refractivity contribution < 1.29 is 14.3 Å². The van der Waals surface area contributed by atoms with Gasteiger partial charge in [-0.25, -0.2) is 0 Å². The van der Waals surface area contributed by atoms with Gasteiger partial charge in [0, 0.05) is 24.5 Å². The van der Waals surface area contributed by atoms with Crippen LogP contribution in [0.5, 0.6) is 0 Å². The summed E-state index contributed by atoms with van der Waals surface area (Å²) >= 11 is 7.64. The first kappa shape index (κ1) is 24.3. The van der Waals surface area contributed by atoms with E-state index in [1.54, 1.807) is 4.90 Å². The zero-order chi connectivity index (χ0) is 20.2. The number of nitrogens with zero attached hydrogens (tertiary/aromatic N) is 2. The Morgan fingerprint density at radius 2 is 1.81 bits per heavy atom. The van der Waals surface area contributed by atoms with E-state index in [9.17, 15) is 4.79 Å². The summed E-state index contributed by atoms with van der Waals surface area (Å²) < 4.78 is 13.8. The molecule has 0 aromatic carbocycles. The van der Waals surface area contributed by atoms with E-state index in [-0.39, 0.29) is 12.6 Å². The molecule has 5 nitrogen and oxygen atoms in total. The van der Waals surface area contributed by atoms with Crippen LogP contribution in [0.15, 0.2) is 17.2 Å². The number of unbranched alkanes of at least 4 members (excludes halogenated alkanes) is 1. The zero-order valence-electron chi connectivity index (χ0n) is 16.8. The van der Waals surface area contributed by atoms with Gasteiger partial charge in [0.25, 0.3) is 5.91 Å². The Morgan fingerprint density at radius 1 is 1.15 bits per heavy atom. The predicted molar refractivity (Wildman–Crippen MR) is 118 cm³/mol. The lowest BCUT2D eigenvalue weighted by atomic mass is 10.1. The number of thiol groups is 1. The second-order valence-electron chi connectivity index (χ2n) is 6.38. The zero-order valence-corrected chi connectivity index (χ0v) is 19.3. The summed E-state index contributed by atoms with van der Waals surface area (Å²) in [7, 11) is 0. The molecule has 0 aliphatic carbocycles. The molecule has 0 saturated carbocycles. The van der Waals surface area contributed by atoms with Crippen LogP contribution < -0.4 is 0 Å². The van der Waals surface area contributed by atoms with Gasteiger partial charge >= 0.3 is 0 Å². The molecule has 0 radical (unpaired) electrons. The van der Waals surface area contributed by atoms with Crippen molar-refractivity contribution in [1.82, 2.24) is 9.47 Å². The standard InChI is InChI=1S/C16H23BrN2O3S.C4H10/c1-3-6-21-11-19-14(17)9-13-12(2)4-5-18(10-22-7-8-23)16(20)15(13)19;1-3-4-2/h9,23H,2-8,10-11H2,1H3;3-4H2,1-2H3. The molecule has 0 bridgehead atoms. The summed E-state index contributed by atoms with van der Waals surface area (Å²) in [6, 6.07) is 1.95. The van der Waals surface area contributed by atoms with Gasteiger partial charge in [0.05, 0.1) is 11.2 Å². The summed E-state index contributed by atoms with van der Waals surface area (Å²) in [6.45, 7) is 12.9. The number of carbonyl (C=O) groups is 1. The van der Waals surface area contributed by atoms with Crippen molar-refractivity contribution in [2.75, 3.05) is 32.2 Å². The minimum absolute atomic E-state index is 0.0522. The van der Waals surface area contributed by atoms with Crippen molar-refractivity contribution in [1.29, 1.82) is 0 Å². The maximum atomic E-state index is 12.9. The molecule has 0 unspecified atom stereocenters. The van der Waals surface area contributed by atoms with E-state index in [0.29, 0.717) is 37.9 Å². The normalized spacial score (nSPS) is 13.9. The van der Waals surface area contributed by atoms with Gasteiger partial charge in [0.2, 0.25) is 0 Å². The Labute approximate surface area is 177 Å². The third kappa shape index (κ3) is 7.29. The van der Waals surface area contributed by atoms with Gasteiger partial charge < -0.3 is 18.9 Å². The molecule has 2 rings (SSSR count). The first-order valence-electron chi connectivity index (χ1n) is 9.64. The molecule has 0 atom stereocenters. The number of halogens is 1. The second kappa shape index (κ2) is 13.4. The van der Waals surface area contributed by atoms with E-state index in [4.69, 9.17) is 9.47 Å². The number of carbonyl (C=O) groups excluding carboxylic acids is 1. The van der Waals surface area contributed by atoms with Crippen molar-refractivity contribution in [3.8, 4) is 0 Å². The van der Waals surface area contributed by atoms with Crippen LogP contribution in [-0.4, -0.2) is 47.6 Å². The van der Waals surface area contributed by atoms with Gasteiger partial charge in [-0.15, -0.1) is 0 Å². The first-order valence-corrected chi connectivity index (χ1v) is 11.1. The molecule has 0 spiro atoms. The van der Waals surface area contributed by atoms with Gasteiger partial charge in [-0.2, -0.15) is 12.6 Å². The molecule has 0 N–H and O–H groups in total. The molecule has 0 saturated heterocycles. The molecule has 27 heavy (non-hydrogen) atoms. The smallest absolute Gasteiger partial charge is 0.273 e. The Kier molecular flexibility index (Phi) is 12.1. The van der Waals surface area contributed by atoms with E-state index in [1.165, 1.54) is 12.8 Å². The number of rotatable bonds is 9. The number of aromatic nitrogens is 1. The quantitative estimate of drug-likeness (QED) is 0.406. The average molecular weight is 461 g/mol. The summed E-state index contributed by atoms with van der Waals surface area (Å²) in [5.41, 5.74) is 2.46. The van der Waals surface area contributed by atoms with Crippen molar-refractivity contribution in [3.05, 3.63) is 28.5 Å². The van der Waals surface area contributed by atoms with E-state index >= 15 is 0 Å². The van der Waals surface area contributed by atoms with Crippen molar-refractivity contribution >= 4 is 40.0 Å². The SMILES string of the molecule is C=C1CCN(COCCS)C(=O)c2c1cc(Br)n2COCCC.CCCC. The van der Waals surface area contributed by atoms with Crippen molar-refractivity contribution in [3.63, 3.8) is 0 Å². The largest absolute Gasteiger partial charge is 0.361 e. The van der Waals surface area contributed by atoms with E-state index < -0.39 is 0 Å². The van der Waals surface area contributed by atoms with Crippen LogP contribution in [0, 0.1) is 0 Å². The number of hydrogen-bond donors (Lipinski definition) is 1. The molecule has 7 heteroatoms. The highest BCUT2D eigenvalue weighted by Crippen LogP contribution is 2.32. The summed E-state index contributed by atoms with van der Waals surface area (Å²) in [5, 5.41) is 0. The third-order valence-corrected chi connectivity index (χ3v) is 4.99. The molecule has 1 aromatic rings. The number of fused-ring (bicyclic) bond motifs is 1. The van der Waals surface area contributed by atoms with Crippen molar-refractivity contribution in [2.45, 2.75) is 53.2 Å². The summed E-state index contributed by atoms with van der Waals surface area (Å²) in [6.07, 6.45) is 4.31. The van der Waals surface area contributed by atoms with Crippen LogP contribution in [0.2, 0.25) is 0 Å². The fraction of sp³-hybridized carbons (Fsp3) is 0.650. The maximum absolute atomic E-state index is 12.9. The molecular formula is C20H33BrN2O3S. The number of ether oxygens (including phenoxy) is 2. The Balaban J connectivity index is 0.000000828. The lowest BCUT2D eigenvalue weighted by Gasteiger charge is -2.21. The van der Waals surface area contributed by atoms with E-state index in [2.05, 4.69) is 55.9 Å². The maximum Gasteiger partial charge on any atom is 0.273 e. The van der Waals surface area contributed by atoms with Crippen LogP contribution in [0.1, 0.15) is 62.5 Å². The van der Waals surface area contributed by atoms with Gasteiger partial charge in [-0.3, -0.25) is 4.79 Å². The number of amides is 1.